The summed E-state index contributed by atoms with van der Waals surface area (Å²) in [6, 6.07) is 4.62. The highest BCUT2D eigenvalue weighted by molar-refractivity contribution is 6.17. The molecule has 1 aliphatic heterocycles. The summed E-state index contributed by atoms with van der Waals surface area (Å²) in [5.74, 6) is 1.56. The quantitative estimate of drug-likeness (QED) is 0.774. The van der Waals surface area contributed by atoms with Crippen molar-refractivity contribution >= 4 is 17.4 Å². The van der Waals surface area contributed by atoms with Crippen LogP contribution in [0.15, 0.2) is 12.1 Å². The Balaban J connectivity index is 2.24. The van der Waals surface area contributed by atoms with E-state index in [1.165, 1.54) is 0 Å². The Bertz CT molecular complexity index is 425. The molecule has 0 aromatic carbocycles. The summed E-state index contributed by atoms with van der Waals surface area (Å²) < 4.78 is 5.65. The lowest BCUT2D eigenvalue weighted by Gasteiger charge is -2.28. The maximum Gasteiger partial charge on any atom is 0.129 e. The minimum absolute atomic E-state index is 0.265. The van der Waals surface area contributed by atoms with Crippen molar-refractivity contribution in [2.45, 2.75) is 51.1 Å². The molecule has 2 unspecified atom stereocenters. The topological polar surface area (TPSA) is 25.4 Å². The van der Waals surface area contributed by atoms with E-state index in [2.05, 4.69) is 37.9 Å². The van der Waals surface area contributed by atoms with Gasteiger partial charge in [-0.05, 0) is 37.5 Å². The molecule has 0 aliphatic carbocycles. The number of hydrogen-bond donors (Lipinski definition) is 0. The van der Waals surface area contributed by atoms with Gasteiger partial charge >= 0.3 is 0 Å². The molecular formula is C15H23ClN2O. The first-order valence-electron chi connectivity index (χ1n) is 7.06. The second-order valence-electron chi connectivity index (χ2n) is 5.25. The summed E-state index contributed by atoms with van der Waals surface area (Å²) in [5, 5.41) is 0. The van der Waals surface area contributed by atoms with Gasteiger partial charge in [-0.3, -0.25) is 0 Å². The van der Waals surface area contributed by atoms with Crippen molar-refractivity contribution in [3.05, 3.63) is 23.4 Å². The molecule has 1 saturated heterocycles. The minimum atomic E-state index is 0.265. The number of halogens is 1. The Morgan fingerprint density at radius 3 is 2.84 bits per heavy atom. The molecule has 106 valence electrons. The van der Waals surface area contributed by atoms with Gasteiger partial charge in [-0.25, -0.2) is 4.98 Å². The van der Waals surface area contributed by atoms with Crippen molar-refractivity contribution in [1.29, 1.82) is 0 Å². The number of nitrogens with zero attached hydrogens (tertiary/aromatic N) is 2. The molecule has 0 spiro atoms. The number of aromatic nitrogens is 1. The largest absolute Gasteiger partial charge is 0.376 e. The summed E-state index contributed by atoms with van der Waals surface area (Å²) in [7, 11) is 2.10. The summed E-state index contributed by atoms with van der Waals surface area (Å²) in [5.41, 5.74) is 2.28. The summed E-state index contributed by atoms with van der Waals surface area (Å²) in [6.45, 7) is 5.14. The Morgan fingerprint density at radius 1 is 1.47 bits per heavy atom. The van der Waals surface area contributed by atoms with Crippen molar-refractivity contribution in [1.82, 2.24) is 4.98 Å². The van der Waals surface area contributed by atoms with Crippen LogP contribution in [0.2, 0.25) is 0 Å². The zero-order valence-electron chi connectivity index (χ0n) is 12.0. The maximum atomic E-state index is 5.99. The van der Waals surface area contributed by atoms with Gasteiger partial charge in [0.05, 0.1) is 12.1 Å². The van der Waals surface area contributed by atoms with E-state index in [-0.39, 0.29) is 6.10 Å². The number of aryl methyl sites for hydroxylation is 1. The molecule has 0 radical (unpaired) electrons. The van der Waals surface area contributed by atoms with E-state index in [0.717, 1.165) is 42.9 Å². The van der Waals surface area contributed by atoms with Crippen LogP contribution in [0.3, 0.4) is 0 Å². The smallest absolute Gasteiger partial charge is 0.129 e. The van der Waals surface area contributed by atoms with E-state index >= 15 is 0 Å². The maximum absolute atomic E-state index is 5.99. The predicted molar refractivity (Wildman–Crippen MR) is 80.0 cm³/mol. The van der Waals surface area contributed by atoms with Gasteiger partial charge in [0.15, 0.2) is 0 Å². The van der Waals surface area contributed by atoms with Crippen LogP contribution < -0.4 is 4.90 Å². The van der Waals surface area contributed by atoms with Crippen molar-refractivity contribution < 1.29 is 4.74 Å². The summed E-state index contributed by atoms with van der Waals surface area (Å²) in [6.07, 6.45) is 3.43. The fraction of sp³-hybridized carbons (Fsp3) is 0.667. The lowest BCUT2D eigenvalue weighted by molar-refractivity contribution is 0.118. The van der Waals surface area contributed by atoms with E-state index < -0.39 is 0 Å². The van der Waals surface area contributed by atoms with Crippen molar-refractivity contribution in [3.63, 3.8) is 0 Å². The highest BCUT2D eigenvalue weighted by Crippen LogP contribution is 2.24. The Hall–Kier alpha value is -0.800. The second kappa shape index (κ2) is 6.58. The van der Waals surface area contributed by atoms with Crippen LogP contribution in [0.25, 0.3) is 0 Å². The molecule has 2 atom stereocenters. The third kappa shape index (κ3) is 3.40. The molecule has 1 fully saturated rings. The number of rotatable bonds is 5. The first-order chi connectivity index (χ1) is 9.15. The molecule has 3 nitrogen and oxygen atoms in total. The van der Waals surface area contributed by atoms with Gasteiger partial charge in [0.1, 0.15) is 5.82 Å². The summed E-state index contributed by atoms with van der Waals surface area (Å²) >= 11 is 5.99. The molecule has 2 heterocycles. The van der Waals surface area contributed by atoms with Crippen molar-refractivity contribution in [3.8, 4) is 0 Å². The van der Waals surface area contributed by atoms with Crippen molar-refractivity contribution in [2.24, 2.45) is 0 Å². The van der Waals surface area contributed by atoms with E-state index in [1.807, 2.05) is 0 Å². The van der Waals surface area contributed by atoms with Gasteiger partial charge in [-0.15, -0.1) is 11.6 Å². The number of anilines is 1. The zero-order chi connectivity index (χ0) is 13.8. The third-order valence-corrected chi connectivity index (χ3v) is 4.09. The lowest BCUT2D eigenvalue weighted by Crippen LogP contribution is -2.37. The minimum Gasteiger partial charge on any atom is -0.376 e. The number of pyridine rings is 1. The van der Waals surface area contributed by atoms with E-state index in [1.54, 1.807) is 0 Å². The molecule has 0 saturated carbocycles. The average Bonchev–Trinajstić information content (AvgIpc) is 2.84. The predicted octanol–water partition coefficient (Wildman–Crippen LogP) is 3.39. The van der Waals surface area contributed by atoms with Gasteiger partial charge < -0.3 is 9.64 Å². The standard InChI is InChI=1S/C15H23ClN2O/c1-4-5-13-8-12(10-16)9-15(17-13)18(3)14-6-7-19-11(14)2/h8-9,11,14H,4-7,10H2,1-3H3. The SMILES string of the molecule is CCCc1cc(CCl)cc(N(C)C2CCOC2C)n1. The van der Waals surface area contributed by atoms with Gasteiger partial charge in [-0.1, -0.05) is 13.3 Å². The van der Waals surface area contributed by atoms with Crippen LogP contribution in [0.4, 0.5) is 5.82 Å². The Morgan fingerprint density at radius 2 is 2.26 bits per heavy atom. The highest BCUT2D eigenvalue weighted by atomic mass is 35.5. The van der Waals surface area contributed by atoms with Crippen LogP contribution in [-0.2, 0) is 17.0 Å². The first-order valence-corrected chi connectivity index (χ1v) is 7.59. The van der Waals surface area contributed by atoms with Crippen LogP contribution in [-0.4, -0.2) is 30.8 Å². The molecule has 19 heavy (non-hydrogen) atoms. The third-order valence-electron chi connectivity index (χ3n) is 3.78. The molecule has 1 aliphatic rings. The van der Waals surface area contributed by atoms with Gasteiger partial charge in [-0.2, -0.15) is 0 Å². The van der Waals surface area contributed by atoms with Gasteiger partial charge in [0.2, 0.25) is 0 Å². The number of likely N-dealkylation sites (N-methyl/N-ethyl adjacent to an activating group) is 1. The number of ether oxygens (including phenoxy) is 1. The van der Waals surface area contributed by atoms with Gasteiger partial charge in [0, 0.05) is 25.2 Å². The van der Waals surface area contributed by atoms with E-state index in [9.17, 15) is 0 Å². The van der Waals surface area contributed by atoms with Crippen molar-refractivity contribution in [2.75, 3.05) is 18.6 Å². The van der Waals surface area contributed by atoms with Crippen LogP contribution in [0, 0.1) is 0 Å². The number of hydrogen-bond acceptors (Lipinski definition) is 3. The molecular weight excluding hydrogens is 260 g/mol. The van der Waals surface area contributed by atoms with Crippen LogP contribution in [0.1, 0.15) is 37.9 Å². The normalized spacial score (nSPS) is 22.7. The monoisotopic (exact) mass is 282 g/mol. The molecule has 0 bridgehead atoms. The first kappa shape index (κ1) is 14.6. The second-order valence-corrected chi connectivity index (χ2v) is 5.52. The molecule has 1 aromatic rings. The Labute approximate surface area is 120 Å². The number of alkyl halides is 1. The fourth-order valence-corrected chi connectivity index (χ4v) is 2.83. The molecule has 0 amide bonds. The van der Waals surface area contributed by atoms with Crippen LogP contribution >= 0.6 is 11.6 Å². The zero-order valence-corrected chi connectivity index (χ0v) is 12.8. The molecule has 0 N–H and O–H groups in total. The van der Waals surface area contributed by atoms with Gasteiger partial charge in [0.25, 0.3) is 0 Å². The lowest BCUT2D eigenvalue weighted by atomic mass is 10.1. The molecule has 1 aromatic heterocycles. The average molecular weight is 283 g/mol. The van der Waals surface area contributed by atoms with E-state index in [0.29, 0.717) is 11.9 Å². The fourth-order valence-electron chi connectivity index (χ4n) is 2.67. The van der Waals surface area contributed by atoms with E-state index in [4.69, 9.17) is 21.3 Å². The molecule has 2 rings (SSSR count). The Kier molecular flexibility index (Phi) is 5.06. The summed E-state index contributed by atoms with van der Waals surface area (Å²) in [4.78, 5) is 7.00. The molecule has 4 heteroatoms. The highest BCUT2D eigenvalue weighted by Gasteiger charge is 2.28. The van der Waals surface area contributed by atoms with Crippen LogP contribution in [0.5, 0.6) is 0 Å².